The molecule has 1 atom stereocenters. The lowest BCUT2D eigenvalue weighted by Crippen LogP contribution is -2.43. The van der Waals surface area contributed by atoms with Crippen molar-refractivity contribution >= 4 is 28.9 Å². The van der Waals surface area contributed by atoms with Crippen LogP contribution in [0.4, 0.5) is 4.79 Å². The van der Waals surface area contributed by atoms with E-state index >= 15 is 0 Å². The third-order valence-electron chi connectivity index (χ3n) is 5.47. The predicted octanol–water partition coefficient (Wildman–Crippen LogP) is 2.17. The molecular formula is C25H27N3O8. The van der Waals surface area contributed by atoms with Crippen molar-refractivity contribution in [3.05, 3.63) is 58.4 Å². The van der Waals surface area contributed by atoms with Crippen molar-refractivity contribution in [2.24, 2.45) is 5.73 Å². The van der Waals surface area contributed by atoms with Gasteiger partial charge in [0.15, 0.2) is 6.61 Å². The molecule has 3 amide bonds. The standard InChI is InChI=1S/C25H27N3O8/c1-14-20(35-13-21(29)28-19(24(31)32)4-3-11-27-25(26)33)10-9-17-18(12-22(30)36-23(14)17)15-5-7-16(34-2)8-6-15/h5-10,12,19H,3-4,11,13H2,1-2H3,(H,28,29)(H,31,32)(H3,26,27,33). The van der Waals surface area contributed by atoms with Crippen LogP contribution in [0.3, 0.4) is 0 Å². The summed E-state index contributed by atoms with van der Waals surface area (Å²) in [4.78, 5) is 46.7. The fourth-order valence-corrected chi connectivity index (χ4v) is 3.66. The topological polar surface area (TPSA) is 170 Å². The van der Waals surface area contributed by atoms with Crippen molar-refractivity contribution in [1.82, 2.24) is 10.6 Å². The van der Waals surface area contributed by atoms with E-state index in [2.05, 4.69) is 10.6 Å². The maximum absolute atomic E-state index is 12.3. The second-order valence-electron chi connectivity index (χ2n) is 7.95. The van der Waals surface area contributed by atoms with Crippen LogP contribution in [0.1, 0.15) is 18.4 Å². The number of carboxylic acid groups (broad SMARTS) is 1. The van der Waals surface area contributed by atoms with Gasteiger partial charge in [-0.2, -0.15) is 0 Å². The number of methoxy groups -OCH3 is 1. The number of carbonyl (C=O) groups is 3. The zero-order valence-corrected chi connectivity index (χ0v) is 19.8. The fourth-order valence-electron chi connectivity index (χ4n) is 3.66. The maximum Gasteiger partial charge on any atom is 0.336 e. The van der Waals surface area contributed by atoms with Gasteiger partial charge in [-0.25, -0.2) is 14.4 Å². The van der Waals surface area contributed by atoms with Gasteiger partial charge in [0.05, 0.1) is 7.11 Å². The molecular weight excluding hydrogens is 470 g/mol. The number of hydrogen-bond donors (Lipinski definition) is 4. The highest BCUT2D eigenvalue weighted by Crippen LogP contribution is 2.33. The van der Waals surface area contributed by atoms with Crippen molar-refractivity contribution in [3.63, 3.8) is 0 Å². The number of carbonyl (C=O) groups excluding carboxylic acids is 2. The average molecular weight is 498 g/mol. The summed E-state index contributed by atoms with van der Waals surface area (Å²) in [6.45, 7) is 1.44. The molecule has 11 nitrogen and oxygen atoms in total. The van der Waals surface area contributed by atoms with E-state index in [0.29, 0.717) is 40.0 Å². The Hall–Kier alpha value is -4.54. The molecule has 1 aromatic heterocycles. The highest BCUT2D eigenvalue weighted by Gasteiger charge is 2.20. The maximum atomic E-state index is 12.3. The Morgan fingerprint density at radius 1 is 1.14 bits per heavy atom. The number of carboxylic acids is 1. The minimum atomic E-state index is -1.21. The number of aryl methyl sites for hydroxylation is 1. The van der Waals surface area contributed by atoms with Gasteiger partial charge in [-0.05, 0) is 55.2 Å². The summed E-state index contributed by atoms with van der Waals surface area (Å²) >= 11 is 0. The fraction of sp³-hybridized carbons (Fsp3) is 0.280. The zero-order valence-electron chi connectivity index (χ0n) is 19.8. The predicted molar refractivity (Wildman–Crippen MR) is 131 cm³/mol. The average Bonchev–Trinajstić information content (AvgIpc) is 2.85. The number of nitrogens with one attached hydrogen (secondary N) is 2. The van der Waals surface area contributed by atoms with Crippen molar-refractivity contribution < 1.29 is 33.4 Å². The summed E-state index contributed by atoms with van der Waals surface area (Å²) in [5.74, 6) is -0.857. The molecule has 3 rings (SSSR count). The van der Waals surface area contributed by atoms with Gasteiger partial charge in [-0.1, -0.05) is 12.1 Å². The lowest BCUT2D eigenvalue weighted by atomic mass is 10.00. The normalized spacial score (nSPS) is 11.5. The van der Waals surface area contributed by atoms with E-state index in [0.717, 1.165) is 5.56 Å². The molecule has 0 saturated heterocycles. The first kappa shape index (κ1) is 26.1. The second-order valence-corrected chi connectivity index (χ2v) is 7.95. The number of primary amides is 1. The second kappa shape index (κ2) is 11.7. The molecule has 1 heterocycles. The number of nitrogens with two attached hydrogens (primary N) is 1. The van der Waals surface area contributed by atoms with Gasteiger partial charge in [0, 0.05) is 23.6 Å². The van der Waals surface area contributed by atoms with E-state index in [4.69, 9.17) is 19.6 Å². The number of ether oxygens (including phenoxy) is 2. The van der Waals surface area contributed by atoms with Crippen LogP contribution in [0.15, 0.2) is 51.7 Å². The van der Waals surface area contributed by atoms with Crippen LogP contribution >= 0.6 is 0 Å². The molecule has 0 bridgehead atoms. The van der Waals surface area contributed by atoms with Crippen LogP contribution in [0, 0.1) is 6.92 Å². The molecule has 0 aliphatic heterocycles. The molecule has 1 unspecified atom stereocenters. The highest BCUT2D eigenvalue weighted by atomic mass is 16.5. The monoisotopic (exact) mass is 497 g/mol. The summed E-state index contributed by atoms with van der Waals surface area (Å²) < 4.78 is 16.2. The first-order valence-corrected chi connectivity index (χ1v) is 11.1. The molecule has 11 heteroatoms. The Morgan fingerprint density at radius 2 is 1.86 bits per heavy atom. The SMILES string of the molecule is COc1ccc(-c2cc(=O)oc3c(C)c(OCC(=O)NC(CCCNC(N)=O)C(=O)O)ccc23)cc1. The molecule has 0 radical (unpaired) electrons. The smallest absolute Gasteiger partial charge is 0.336 e. The number of amides is 3. The third-order valence-corrected chi connectivity index (χ3v) is 5.47. The van der Waals surface area contributed by atoms with Gasteiger partial charge in [0.2, 0.25) is 0 Å². The van der Waals surface area contributed by atoms with Crippen molar-refractivity contribution in [2.75, 3.05) is 20.3 Å². The molecule has 36 heavy (non-hydrogen) atoms. The van der Waals surface area contributed by atoms with E-state index in [-0.39, 0.29) is 13.0 Å². The Labute approximate surface area is 206 Å². The van der Waals surface area contributed by atoms with E-state index in [9.17, 15) is 24.3 Å². The minimum absolute atomic E-state index is 0.0929. The number of hydrogen-bond acceptors (Lipinski definition) is 7. The van der Waals surface area contributed by atoms with Crippen LogP contribution in [0.2, 0.25) is 0 Å². The van der Waals surface area contributed by atoms with Crippen LogP contribution < -0.4 is 31.5 Å². The molecule has 0 aliphatic carbocycles. The van der Waals surface area contributed by atoms with E-state index in [1.165, 1.54) is 6.07 Å². The van der Waals surface area contributed by atoms with Crippen molar-refractivity contribution in [2.45, 2.75) is 25.8 Å². The minimum Gasteiger partial charge on any atom is -0.497 e. The number of urea groups is 1. The first-order valence-electron chi connectivity index (χ1n) is 11.1. The number of fused-ring (bicyclic) bond motifs is 1. The van der Waals surface area contributed by atoms with Gasteiger partial charge in [-0.3, -0.25) is 4.79 Å². The Kier molecular flexibility index (Phi) is 8.50. The van der Waals surface area contributed by atoms with Crippen LogP contribution in [0.25, 0.3) is 22.1 Å². The number of benzene rings is 2. The number of rotatable bonds is 11. The zero-order chi connectivity index (χ0) is 26.2. The van der Waals surface area contributed by atoms with E-state index in [1.54, 1.807) is 38.3 Å². The van der Waals surface area contributed by atoms with Gasteiger partial charge in [0.25, 0.3) is 5.91 Å². The number of aliphatic carboxylic acids is 1. The van der Waals surface area contributed by atoms with Gasteiger partial charge < -0.3 is 35.4 Å². The third kappa shape index (κ3) is 6.53. The molecule has 0 spiro atoms. The van der Waals surface area contributed by atoms with E-state index < -0.39 is 36.2 Å². The largest absolute Gasteiger partial charge is 0.497 e. The molecule has 0 saturated carbocycles. The van der Waals surface area contributed by atoms with Gasteiger partial charge in [0.1, 0.15) is 23.1 Å². The van der Waals surface area contributed by atoms with Crippen molar-refractivity contribution in [3.8, 4) is 22.6 Å². The van der Waals surface area contributed by atoms with Crippen LogP contribution in [0.5, 0.6) is 11.5 Å². The van der Waals surface area contributed by atoms with Gasteiger partial charge in [-0.15, -0.1) is 0 Å². The quantitative estimate of drug-likeness (QED) is 0.231. The molecule has 2 aromatic carbocycles. The molecule has 190 valence electrons. The highest BCUT2D eigenvalue weighted by molar-refractivity contribution is 5.95. The molecule has 0 aliphatic rings. The van der Waals surface area contributed by atoms with Crippen LogP contribution in [-0.2, 0) is 9.59 Å². The Balaban J connectivity index is 1.73. The summed E-state index contributed by atoms with van der Waals surface area (Å²) in [7, 11) is 1.57. The molecule has 3 aromatic rings. The van der Waals surface area contributed by atoms with E-state index in [1.807, 2.05) is 12.1 Å². The lowest BCUT2D eigenvalue weighted by molar-refractivity contribution is -0.142. The summed E-state index contributed by atoms with van der Waals surface area (Å²) in [5, 5.41) is 14.8. The van der Waals surface area contributed by atoms with Gasteiger partial charge >= 0.3 is 17.6 Å². The van der Waals surface area contributed by atoms with Crippen LogP contribution in [-0.4, -0.2) is 49.3 Å². The first-order chi connectivity index (χ1) is 17.2. The summed E-state index contributed by atoms with van der Waals surface area (Å²) in [6.07, 6.45) is 0.399. The molecule has 5 N–H and O–H groups in total. The summed E-state index contributed by atoms with van der Waals surface area (Å²) in [6, 6.07) is 10.2. The Morgan fingerprint density at radius 3 is 2.50 bits per heavy atom. The Bertz CT molecular complexity index is 1320. The lowest BCUT2D eigenvalue weighted by Gasteiger charge is -2.16. The summed E-state index contributed by atoms with van der Waals surface area (Å²) in [5.41, 5.74) is 6.73. The molecule has 0 fully saturated rings. The van der Waals surface area contributed by atoms with Crippen molar-refractivity contribution in [1.29, 1.82) is 0 Å².